The van der Waals surface area contributed by atoms with E-state index in [-0.39, 0.29) is 6.04 Å². The first kappa shape index (κ1) is 18.6. The fraction of sp³-hybridized carbons (Fsp3) is 0.900. The standard InChI is InChI=1S/C20H34N4O2S/c1-21-9-11-23(12-10-21)27(25,26)24-8-4-5-16-13-17-14-18(20(16)24)15-22-7-3-2-6-19(17)22/h13,17-20H,2-12,14-15H2,1H3/t17-,18+,19+,20+/m0/s1. The number of piperidine rings is 3. The van der Waals surface area contributed by atoms with Crippen LogP contribution in [0.15, 0.2) is 11.6 Å². The van der Waals surface area contributed by atoms with Crippen LogP contribution in [0.1, 0.15) is 38.5 Å². The highest BCUT2D eigenvalue weighted by Crippen LogP contribution is 2.45. The third-order valence-electron chi connectivity index (χ3n) is 7.70. The van der Waals surface area contributed by atoms with Crippen molar-refractivity contribution in [2.24, 2.45) is 11.8 Å². The van der Waals surface area contributed by atoms with Crippen LogP contribution >= 0.6 is 0 Å². The normalized spacial score (nSPS) is 39.5. The Morgan fingerprint density at radius 2 is 1.81 bits per heavy atom. The van der Waals surface area contributed by atoms with Gasteiger partial charge in [-0.1, -0.05) is 18.1 Å². The van der Waals surface area contributed by atoms with E-state index in [2.05, 4.69) is 22.9 Å². The first-order valence-corrected chi connectivity index (χ1v) is 12.3. The highest BCUT2D eigenvalue weighted by Gasteiger charge is 2.49. The van der Waals surface area contributed by atoms with Gasteiger partial charge < -0.3 is 4.90 Å². The van der Waals surface area contributed by atoms with E-state index in [1.807, 2.05) is 4.31 Å². The second kappa shape index (κ2) is 7.10. The Balaban J connectivity index is 1.43. The van der Waals surface area contributed by atoms with Gasteiger partial charge in [0.15, 0.2) is 0 Å². The van der Waals surface area contributed by atoms with Crippen LogP contribution in [0.4, 0.5) is 0 Å². The molecule has 5 aliphatic rings. The van der Waals surface area contributed by atoms with Gasteiger partial charge in [-0.3, -0.25) is 4.90 Å². The molecular formula is C20H34N4O2S. The molecule has 1 aliphatic carbocycles. The van der Waals surface area contributed by atoms with Gasteiger partial charge in [0, 0.05) is 45.3 Å². The fourth-order valence-corrected chi connectivity index (χ4v) is 8.23. The van der Waals surface area contributed by atoms with E-state index in [1.54, 1.807) is 4.31 Å². The summed E-state index contributed by atoms with van der Waals surface area (Å²) in [5.41, 5.74) is 1.44. The summed E-state index contributed by atoms with van der Waals surface area (Å²) in [5.74, 6) is 1.13. The van der Waals surface area contributed by atoms with Crippen molar-refractivity contribution < 1.29 is 8.42 Å². The van der Waals surface area contributed by atoms with Gasteiger partial charge in [0.25, 0.3) is 10.2 Å². The van der Waals surface area contributed by atoms with Crippen molar-refractivity contribution in [3.8, 4) is 0 Å². The average Bonchev–Trinajstić information content (AvgIpc) is 2.68. The van der Waals surface area contributed by atoms with E-state index >= 15 is 0 Å². The molecule has 0 aromatic heterocycles. The van der Waals surface area contributed by atoms with Crippen molar-refractivity contribution in [2.75, 3.05) is 52.9 Å². The number of rotatable bonds is 2. The van der Waals surface area contributed by atoms with Crippen molar-refractivity contribution in [3.63, 3.8) is 0 Å². The largest absolute Gasteiger partial charge is 0.304 e. The summed E-state index contributed by atoms with van der Waals surface area (Å²) in [6.45, 7) is 5.92. The van der Waals surface area contributed by atoms with Crippen LogP contribution in [0, 0.1) is 11.8 Å². The van der Waals surface area contributed by atoms with E-state index in [9.17, 15) is 8.42 Å². The molecule has 4 aliphatic heterocycles. The minimum absolute atomic E-state index is 0.113. The summed E-state index contributed by atoms with van der Waals surface area (Å²) >= 11 is 0. The lowest BCUT2D eigenvalue weighted by molar-refractivity contribution is 0.0138. The van der Waals surface area contributed by atoms with Gasteiger partial charge in [0.2, 0.25) is 0 Å². The summed E-state index contributed by atoms with van der Waals surface area (Å²) in [6.07, 6.45) is 9.76. The smallest absolute Gasteiger partial charge is 0.282 e. The Hall–Kier alpha value is -0.470. The Morgan fingerprint density at radius 1 is 1.00 bits per heavy atom. The third kappa shape index (κ3) is 3.19. The summed E-state index contributed by atoms with van der Waals surface area (Å²) in [6, 6.07) is 0.829. The quantitative estimate of drug-likeness (QED) is 0.664. The molecule has 0 radical (unpaired) electrons. The molecular weight excluding hydrogens is 360 g/mol. The Bertz CT molecular complexity index is 701. The monoisotopic (exact) mass is 394 g/mol. The lowest BCUT2D eigenvalue weighted by Crippen LogP contribution is -2.62. The number of nitrogens with zero attached hydrogens (tertiary/aromatic N) is 4. The Kier molecular flexibility index (Phi) is 4.88. The molecule has 0 unspecified atom stereocenters. The first-order valence-electron chi connectivity index (χ1n) is 10.9. The molecule has 4 atom stereocenters. The maximum absolute atomic E-state index is 13.5. The van der Waals surface area contributed by atoms with Crippen LogP contribution in [-0.4, -0.2) is 91.8 Å². The number of hydrogen-bond acceptors (Lipinski definition) is 4. The highest BCUT2D eigenvalue weighted by atomic mass is 32.2. The van der Waals surface area contributed by atoms with E-state index < -0.39 is 10.2 Å². The van der Waals surface area contributed by atoms with Crippen LogP contribution in [0.3, 0.4) is 0 Å². The van der Waals surface area contributed by atoms with Crippen LogP contribution in [0.5, 0.6) is 0 Å². The summed E-state index contributed by atoms with van der Waals surface area (Å²) in [7, 11) is -1.29. The molecule has 4 heterocycles. The van der Waals surface area contributed by atoms with E-state index in [0.29, 0.717) is 37.5 Å². The molecule has 4 fully saturated rings. The van der Waals surface area contributed by atoms with Gasteiger partial charge in [-0.05, 0) is 57.5 Å². The molecule has 0 spiro atoms. The van der Waals surface area contributed by atoms with Gasteiger partial charge in [0.05, 0.1) is 6.04 Å². The van der Waals surface area contributed by atoms with Crippen LogP contribution < -0.4 is 0 Å². The number of hydrogen-bond donors (Lipinski definition) is 0. The van der Waals surface area contributed by atoms with Crippen LogP contribution in [-0.2, 0) is 10.2 Å². The highest BCUT2D eigenvalue weighted by molar-refractivity contribution is 7.86. The minimum atomic E-state index is -3.36. The molecule has 7 heteroatoms. The van der Waals surface area contributed by atoms with Gasteiger partial charge >= 0.3 is 0 Å². The zero-order valence-electron chi connectivity index (χ0n) is 16.6. The number of fused-ring (bicyclic) bond motifs is 6. The van der Waals surface area contributed by atoms with E-state index in [4.69, 9.17) is 0 Å². The summed E-state index contributed by atoms with van der Waals surface area (Å²) < 4.78 is 30.7. The molecule has 152 valence electrons. The number of likely N-dealkylation sites (N-methyl/N-ethyl adjacent to an activating group) is 1. The maximum atomic E-state index is 13.5. The zero-order chi connectivity index (χ0) is 18.6. The summed E-state index contributed by atoms with van der Waals surface area (Å²) in [5, 5.41) is 0. The van der Waals surface area contributed by atoms with Gasteiger partial charge in [-0.15, -0.1) is 0 Å². The third-order valence-corrected chi connectivity index (χ3v) is 9.72. The minimum Gasteiger partial charge on any atom is -0.304 e. The van der Waals surface area contributed by atoms with Gasteiger partial charge in [-0.25, -0.2) is 0 Å². The van der Waals surface area contributed by atoms with E-state index in [0.717, 1.165) is 32.5 Å². The second-order valence-electron chi connectivity index (χ2n) is 9.33. The molecule has 0 N–H and O–H groups in total. The topological polar surface area (TPSA) is 47.1 Å². The molecule has 4 saturated heterocycles. The molecule has 27 heavy (non-hydrogen) atoms. The van der Waals surface area contributed by atoms with Crippen molar-refractivity contribution in [2.45, 2.75) is 50.6 Å². The average molecular weight is 395 g/mol. The molecule has 6 nitrogen and oxygen atoms in total. The van der Waals surface area contributed by atoms with Crippen molar-refractivity contribution in [1.82, 2.24) is 18.4 Å². The lowest BCUT2D eigenvalue weighted by Gasteiger charge is -2.54. The molecule has 0 saturated carbocycles. The number of piperazine rings is 1. The second-order valence-corrected chi connectivity index (χ2v) is 11.2. The fourth-order valence-electron chi connectivity index (χ4n) is 6.35. The zero-order valence-corrected chi connectivity index (χ0v) is 17.4. The van der Waals surface area contributed by atoms with Gasteiger partial charge in [-0.2, -0.15) is 17.0 Å². The van der Waals surface area contributed by atoms with Crippen molar-refractivity contribution >= 4 is 10.2 Å². The Labute approximate surface area is 164 Å². The van der Waals surface area contributed by atoms with Crippen LogP contribution in [0.2, 0.25) is 0 Å². The molecule has 0 aromatic carbocycles. The molecule has 0 aromatic rings. The van der Waals surface area contributed by atoms with Gasteiger partial charge in [0.1, 0.15) is 0 Å². The molecule has 0 amide bonds. The predicted molar refractivity (Wildman–Crippen MR) is 107 cm³/mol. The van der Waals surface area contributed by atoms with Crippen molar-refractivity contribution in [3.05, 3.63) is 11.6 Å². The lowest BCUT2D eigenvalue weighted by atomic mass is 9.68. The first-order chi connectivity index (χ1) is 13.0. The molecule has 2 bridgehead atoms. The SMILES string of the molecule is CN1CCN(S(=O)(=O)N2CCCC3=C[C@H]4C[C@H](CN5CCCC[C@H]45)[C@@H]32)CC1. The maximum Gasteiger partial charge on any atom is 0.282 e. The van der Waals surface area contributed by atoms with E-state index in [1.165, 1.54) is 37.8 Å². The Morgan fingerprint density at radius 3 is 2.63 bits per heavy atom. The van der Waals surface area contributed by atoms with Crippen LogP contribution in [0.25, 0.3) is 0 Å². The van der Waals surface area contributed by atoms with Crippen molar-refractivity contribution in [1.29, 1.82) is 0 Å². The molecule has 5 rings (SSSR count). The predicted octanol–water partition coefficient (Wildman–Crippen LogP) is 1.37. The summed E-state index contributed by atoms with van der Waals surface area (Å²) in [4.78, 5) is 4.90.